The van der Waals surface area contributed by atoms with E-state index in [2.05, 4.69) is 0 Å². The maximum Gasteiger partial charge on any atom is 0.401 e. The molecule has 1 fully saturated rings. The van der Waals surface area contributed by atoms with Crippen molar-refractivity contribution in [3.63, 3.8) is 0 Å². The van der Waals surface area contributed by atoms with E-state index in [1.54, 1.807) is 6.07 Å². The predicted molar refractivity (Wildman–Crippen MR) is 70.0 cm³/mol. The Morgan fingerprint density at radius 3 is 2.40 bits per heavy atom. The van der Waals surface area contributed by atoms with Crippen LogP contribution in [0.1, 0.15) is 29.9 Å². The first-order chi connectivity index (χ1) is 9.26. The highest BCUT2D eigenvalue weighted by Gasteiger charge is 2.33. The van der Waals surface area contributed by atoms with Crippen molar-refractivity contribution in [2.24, 2.45) is 0 Å². The van der Waals surface area contributed by atoms with Crippen molar-refractivity contribution in [1.82, 2.24) is 4.90 Å². The normalized spacial score (nSPS) is 18.4. The van der Waals surface area contributed by atoms with Gasteiger partial charge < -0.3 is 5.73 Å². The molecule has 2 rings (SSSR count). The molecule has 1 aromatic carbocycles. The van der Waals surface area contributed by atoms with Crippen LogP contribution in [-0.4, -0.2) is 30.7 Å². The van der Waals surface area contributed by atoms with Gasteiger partial charge in [-0.2, -0.15) is 13.2 Å². The molecule has 20 heavy (non-hydrogen) atoms. The van der Waals surface area contributed by atoms with Crippen LogP contribution in [0.25, 0.3) is 0 Å². The number of hydrogen-bond acceptors (Lipinski definition) is 2. The van der Waals surface area contributed by atoms with E-state index in [-0.39, 0.29) is 11.6 Å². The van der Waals surface area contributed by atoms with Gasteiger partial charge in [0.2, 0.25) is 0 Å². The Kier molecular flexibility index (Phi) is 4.22. The molecule has 0 unspecified atom stereocenters. The van der Waals surface area contributed by atoms with Crippen molar-refractivity contribution in [2.75, 3.05) is 25.4 Å². The third-order valence-corrected chi connectivity index (χ3v) is 3.82. The van der Waals surface area contributed by atoms with Gasteiger partial charge >= 0.3 is 6.18 Å². The Bertz CT molecular complexity index is 477. The maximum absolute atomic E-state index is 13.5. The maximum atomic E-state index is 13.5. The molecule has 0 atom stereocenters. The molecule has 2 nitrogen and oxygen atoms in total. The van der Waals surface area contributed by atoms with Crippen molar-refractivity contribution < 1.29 is 17.6 Å². The third kappa shape index (κ3) is 3.62. The Morgan fingerprint density at radius 1 is 1.25 bits per heavy atom. The number of likely N-dealkylation sites (tertiary alicyclic amines) is 1. The van der Waals surface area contributed by atoms with Crippen molar-refractivity contribution >= 4 is 5.69 Å². The standard InChI is InChI=1S/C14H18F4N2/c1-9-6-13(19)12(15)7-11(9)10-2-4-20(5-3-10)8-14(16,17)18/h6-7,10H,2-5,8,19H2,1H3. The molecule has 112 valence electrons. The zero-order valence-corrected chi connectivity index (χ0v) is 11.3. The van der Waals surface area contributed by atoms with E-state index in [0.29, 0.717) is 25.9 Å². The molecule has 1 aliphatic heterocycles. The molecule has 0 aromatic heterocycles. The summed E-state index contributed by atoms with van der Waals surface area (Å²) in [5.74, 6) is -0.349. The second-order valence-corrected chi connectivity index (χ2v) is 5.40. The molecule has 0 amide bonds. The van der Waals surface area contributed by atoms with Crippen molar-refractivity contribution in [2.45, 2.75) is 31.9 Å². The van der Waals surface area contributed by atoms with Crippen LogP contribution in [0.5, 0.6) is 0 Å². The summed E-state index contributed by atoms with van der Waals surface area (Å²) in [5.41, 5.74) is 7.38. The van der Waals surface area contributed by atoms with Crippen LogP contribution in [0.4, 0.5) is 23.2 Å². The third-order valence-electron chi connectivity index (χ3n) is 3.82. The van der Waals surface area contributed by atoms with Gasteiger partial charge in [-0.25, -0.2) is 4.39 Å². The first-order valence-electron chi connectivity index (χ1n) is 6.61. The molecule has 1 saturated heterocycles. The van der Waals surface area contributed by atoms with E-state index in [9.17, 15) is 17.6 Å². The molecular weight excluding hydrogens is 272 g/mol. The van der Waals surface area contributed by atoms with E-state index in [4.69, 9.17) is 5.73 Å². The Morgan fingerprint density at radius 2 is 1.85 bits per heavy atom. The lowest BCUT2D eigenvalue weighted by Crippen LogP contribution is -2.39. The summed E-state index contributed by atoms with van der Waals surface area (Å²) in [6.45, 7) is 1.76. The molecule has 1 aromatic rings. The van der Waals surface area contributed by atoms with Gasteiger partial charge in [0, 0.05) is 0 Å². The van der Waals surface area contributed by atoms with Crippen LogP contribution in [0.3, 0.4) is 0 Å². The van der Waals surface area contributed by atoms with Crippen LogP contribution in [0.15, 0.2) is 12.1 Å². The number of nitrogen functional groups attached to an aromatic ring is 1. The molecule has 0 bridgehead atoms. The molecule has 0 radical (unpaired) electrons. The molecular formula is C14H18F4N2. The number of alkyl halides is 3. The second-order valence-electron chi connectivity index (χ2n) is 5.40. The lowest BCUT2D eigenvalue weighted by Gasteiger charge is -2.33. The van der Waals surface area contributed by atoms with Gasteiger partial charge in [-0.3, -0.25) is 4.90 Å². The summed E-state index contributed by atoms with van der Waals surface area (Å²) in [5, 5.41) is 0. The fourth-order valence-corrected chi connectivity index (χ4v) is 2.81. The lowest BCUT2D eigenvalue weighted by molar-refractivity contribution is -0.147. The highest BCUT2D eigenvalue weighted by molar-refractivity contribution is 5.47. The smallest absolute Gasteiger partial charge is 0.396 e. The molecule has 1 heterocycles. The van der Waals surface area contributed by atoms with Crippen molar-refractivity contribution in [1.29, 1.82) is 0 Å². The molecule has 1 aliphatic rings. The van der Waals surface area contributed by atoms with Crippen molar-refractivity contribution in [3.8, 4) is 0 Å². The Labute approximate surface area is 115 Å². The first-order valence-corrected chi connectivity index (χ1v) is 6.61. The summed E-state index contributed by atoms with van der Waals surface area (Å²) in [7, 11) is 0. The monoisotopic (exact) mass is 290 g/mol. The Hall–Kier alpha value is -1.30. The van der Waals surface area contributed by atoms with Gasteiger partial charge in [-0.1, -0.05) is 0 Å². The van der Waals surface area contributed by atoms with Crippen molar-refractivity contribution in [3.05, 3.63) is 29.1 Å². The first kappa shape index (κ1) is 15.1. The van der Waals surface area contributed by atoms with E-state index in [1.807, 2.05) is 6.92 Å². The average Bonchev–Trinajstić information content (AvgIpc) is 2.33. The summed E-state index contributed by atoms with van der Waals surface area (Å²) in [6, 6.07) is 3.02. The molecule has 0 saturated carbocycles. The van der Waals surface area contributed by atoms with Crippen LogP contribution < -0.4 is 5.73 Å². The van der Waals surface area contributed by atoms with Crippen LogP contribution in [0.2, 0.25) is 0 Å². The number of hydrogen-bond donors (Lipinski definition) is 1. The largest absolute Gasteiger partial charge is 0.401 e. The van der Waals surface area contributed by atoms with Gasteiger partial charge in [0.1, 0.15) is 5.82 Å². The lowest BCUT2D eigenvalue weighted by atomic mass is 9.86. The van der Waals surface area contributed by atoms with E-state index in [1.165, 1.54) is 11.0 Å². The average molecular weight is 290 g/mol. The fourth-order valence-electron chi connectivity index (χ4n) is 2.81. The second kappa shape index (κ2) is 5.60. The number of nitrogens with zero attached hydrogens (tertiary/aromatic N) is 1. The number of rotatable bonds is 2. The highest BCUT2D eigenvalue weighted by atomic mass is 19.4. The van der Waals surface area contributed by atoms with Gasteiger partial charge in [0.05, 0.1) is 12.2 Å². The van der Waals surface area contributed by atoms with Crippen LogP contribution in [0, 0.1) is 12.7 Å². The molecule has 2 N–H and O–H groups in total. The minimum atomic E-state index is -4.16. The fraction of sp³-hybridized carbons (Fsp3) is 0.571. The highest BCUT2D eigenvalue weighted by Crippen LogP contribution is 2.33. The summed E-state index contributed by atoms with van der Waals surface area (Å²) < 4.78 is 50.5. The molecule has 0 spiro atoms. The number of nitrogens with two attached hydrogens (primary N) is 1. The number of anilines is 1. The Balaban J connectivity index is 2.02. The zero-order valence-electron chi connectivity index (χ0n) is 11.3. The number of halogens is 4. The van der Waals surface area contributed by atoms with Crippen LogP contribution in [-0.2, 0) is 0 Å². The number of piperidine rings is 1. The summed E-state index contributed by atoms with van der Waals surface area (Å²) >= 11 is 0. The number of benzene rings is 1. The van der Waals surface area contributed by atoms with Gasteiger partial charge in [-0.15, -0.1) is 0 Å². The predicted octanol–water partition coefficient (Wildman–Crippen LogP) is 3.46. The quantitative estimate of drug-likeness (QED) is 0.667. The van der Waals surface area contributed by atoms with Crippen LogP contribution >= 0.6 is 0 Å². The van der Waals surface area contributed by atoms with E-state index >= 15 is 0 Å². The van der Waals surface area contributed by atoms with Gasteiger partial charge in [-0.05, 0) is 62.0 Å². The summed E-state index contributed by atoms with van der Waals surface area (Å²) in [4.78, 5) is 1.40. The summed E-state index contributed by atoms with van der Waals surface area (Å²) in [6.07, 6.45) is -2.93. The van der Waals surface area contributed by atoms with E-state index in [0.717, 1.165) is 11.1 Å². The van der Waals surface area contributed by atoms with Gasteiger partial charge in [0.25, 0.3) is 0 Å². The van der Waals surface area contributed by atoms with E-state index < -0.39 is 18.5 Å². The molecule has 0 aliphatic carbocycles. The minimum Gasteiger partial charge on any atom is -0.396 e. The zero-order chi connectivity index (χ0) is 14.9. The number of aryl methyl sites for hydroxylation is 1. The SMILES string of the molecule is Cc1cc(N)c(F)cc1C1CCN(CC(F)(F)F)CC1. The molecule has 6 heteroatoms. The minimum absolute atomic E-state index is 0.106. The van der Waals surface area contributed by atoms with Gasteiger partial charge in [0.15, 0.2) is 0 Å². The topological polar surface area (TPSA) is 29.3 Å².